The Balaban J connectivity index is 1.36. The van der Waals surface area contributed by atoms with Gasteiger partial charge in [0.2, 0.25) is 5.91 Å². The van der Waals surface area contributed by atoms with Crippen molar-refractivity contribution < 1.29 is 9.53 Å². The van der Waals surface area contributed by atoms with Crippen molar-refractivity contribution in [3.05, 3.63) is 30.1 Å². The van der Waals surface area contributed by atoms with E-state index in [-0.39, 0.29) is 12.0 Å². The van der Waals surface area contributed by atoms with Crippen LogP contribution >= 0.6 is 0 Å². The van der Waals surface area contributed by atoms with Gasteiger partial charge in [0.25, 0.3) is 0 Å². The average molecular weight is 327 g/mol. The number of hydrogen-bond acceptors (Lipinski definition) is 3. The topological polar surface area (TPSA) is 56.2 Å². The summed E-state index contributed by atoms with van der Waals surface area (Å²) in [4.78, 5) is 16.9. The summed E-state index contributed by atoms with van der Waals surface area (Å²) in [5.41, 5.74) is 2.19. The molecule has 2 aromatic rings. The van der Waals surface area contributed by atoms with Gasteiger partial charge in [-0.2, -0.15) is 0 Å². The maximum atomic E-state index is 12.2. The van der Waals surface area contributed by atoms with Gasteiger partial charge in [-0.15, -0.1) is 0 Å². The number of benzene rings is 1. The maximum absolute atomic E-state index is 12.2. The number of imidazole rings is 1. The summed E-state index contributed by atoms with van der Waals surface area (Å²) in [5.74, 6) is 1.06. The van der Waals surface area contributed by atoms with E-state index < -0.39 is 0 Å². The summed E-state index contributed by atoms with van der Waals surface area (Å²) in [6, 6.07) is 8.77. The van der Waals surface area contributed by atoms with E-state index in [1.165, 1.54) is 18.4 Å². The minimum atomic E-state index is 0.0903. The number of nitrogens with one attached hydrogen (secondary N) is 1. The van der Waals surface area contributed by atoms with E-state index in [9.17, 15) is 4.79 Å². The van der Waals surface area contributed by atoms with Crippen molar-refractivity contribution in [3.8, 4) is 0 Å². The molecule has 2 fully saturated rings. The molecule has 1 aromatic heterocycles. The largest absolute Gasteiger partial charge is 0.375 e. The molecule has 1 N–H and O–H groups in total. The SMILES string of the molecule is CC1CCC(CCC(=O)NCc2nc3ccccc3n2C2CC2)O1. The first-order valence-electron chi connectivity index (χ1n) is 9.08. The normalized spacial score (nSPS) is 23.7. The molecule has 1 aliphatic heterocycles. The first-order chi connectivity index (χ1) is 11.7. The van der Waals surface area contributed by atoms with Crippen molar-refractivity contribution in [3.63, 3.8) is 0 Å². The van der Waals surface area contributed by atoms with E-state index in [1.54, 1.807) is 0 Å². The Labute approximate surface area is 142 Å². The Hall–Kier alpha value is -1.88. The summed E-state index contributed by atoms with van der Waals surface area (Å²) in [6.07, 6.45) is 6.54. The summed E-state index contributed by atoms with van der Waals surface area (Å²) in [5, 5.41) is 3.04. The monoisotopic (exact) mass is 327 g/mol. The molecule has 5 nitrogen and oxygen atoms in total. The van der Waals surface area contributed by atoms with Crippen LogP contribution in [0.15, 0.2) is 24.3 Å². The predicted octanol–water partition coefficient (Wildman–Crippen LogP) is 3.34. The summed E-state index contributed by atoms with van der Waals surface area (Å²) in [7, 11) is 0. The third-order valence-corrected chi connectivity index (χ3v) is 5.04. The molecule has 0 radical (unpaired) electrons. The maximum Gasteiger partial charge on any atom is 0.220 e. The minimum Gasteiger partial charge on any atom is -0.375 e. The van der Waals surface area contributed by atoms with E-state index in [0.717, 1.165) is 30.6 Å². The Bertz CT molecular complexity index is 735. The summed E-state index contributed by atoms with van der Waals surface area (Å²) < 4.78 is 8.08. The lowest BCUT2D eigenvalue weighted by atomic mass is 10.1. The van der Waals surface area contributed by atoms with Crippen molar-refractivity contribution in [2.45, 2.75) is 70.2 Å². The molecule has 1 saturated heterocycles. The molecule has 1 aliphatic carbocycles. The van der Waals surface area contributed by atoms with Crippen molar-refractivity contribution in [1.29, 1.82) is 0 Å². The number of amides is 1. The van der Waals surface area contributed by atoms with Gasteiger partial charge < -0.3 is 14.6 Å². The molecule has 2 atom stereocenters. The molecular weight excluding hydrogens is 302 g/mol. The number of rotatable bonds is 6. The standard InChI is InChI=1S/C19H25N3O2/c1-13-6-9-15(24-13)10-11-19(23)20-12-18-21-16-4-2-3-5-17(16)22(18)14-7-8-14/h2-5,13-15H,6-12H2,1H3,(H,20,23). The van der Waals surface area contributed by atoms with Crippen LogP contribution in [0.5, 0.6) is 0 Å². The van der Waals surface area contributed by atoms with Crippen LogP contribution in [0.1, 0.15) is 57.3 Å². The first kappa shape index (κ1) is 15.6. The molecule has 0 spiro atoms. The molecule has 24 heavy (non-hydrogen) atoms. The number of carbonyl (C=O) groups excluding carboxylic acids is 1. The zero-order chi connectivity index (χ0) is 16.5. The van der Waals surface area contributed by atoms with Gasteiger partial charge in [-0.3, -0.25) is 4.79 Å². The minimum absolute atomic E-state index is 0.0903. The Morgan fingerprint density at radius 1 is 1.29 bits per heavy atom. The van der Waals surface area contributed by atoms with E-state index >= 15 is 0 Å². The highest BCUT2D eigenvalue weighted by atomic mass is 16.5. The number of nitrogens with zero attached hydrogens (tertiary/aromatic N) is 2. The van der Waals surface area contributed by atoms with Gasteiger partial charge in [0.15, 0.2) is 0 Å². The Morgan fingerprint density at radius 3 is 2.88 bits per heavy atom. The van der Waals surface area contributed by atoms with Gasteiger partial charge in [0.1, 0.15) is 5.82 Å². The van der Waals surface area contributed by atoms with Crippen LogP contribution < -0.4 is 5.32 Å². The number of fused-ring (bicyclic) bond motifs is 1. The van der Waals surface area contributed by atoms with Gasteiger partial charge in [-0.1, -0.05) is 12.1 Å². The van der Waals surface area contributed by atoms with E-state index in [2.05, 4.69) is 22.9 Å². The molecular formula is C19H25N3O2. The second-order valence-electron chi connectivity index (χ2n) is 7.08. The second-order valence-corrected chi connectivity index (χ2v) is 7.08. The number of hydrogen-bond donors (Lipinski definition) is 1. The first-order valence-corrected chi connectivity index (χ1v) is 9.08. The number of carbonyl (C=O) groups is 1. The number of aromatic nitrogens is 2. The summed E-state index contributed by atoms with van der Waals surface area (Å²) >= 11 is 0. The zero-order valence-electron chi connectivity index (χ0n) is 14.2. The highest BCUT2D eigenvalue weighted by Crippen LogP contribution is 2.38. The van der Waals surface area contributed by atoms with Crippen molar-refractivity contribution in [1.82, 2.24) is 14.9 Å². The van der Waals surface area contributed by atoms with Crippen LogP contribution in [0.25, 0.3) is 11.0 Å². The molecule has 1 amide bonds. The zero-order valence-corrected chi connectivity index (χ0v) is 14.2. The van der Waals surface area contributed by atoms with Crippen molar-refractivity contribution >= 4 is 16.9 Å². The molecule has 5 heteroatoms. The molecule has 2 unspecified atom stereocenters. The molecule has 128 valence electrons. The molecule has 1 aromatic carbocycles. The lowest BCUT2D eigenvalue weighted by Gasteiger charge is -2.11. The summed E-state index contributed by atoms with van der Waals surface area (Å²) in [6.45, 7) is 2.61. The van der Waals surface area contributed by atoms with Crippen LogP contribution in [0.3, 0.4) is 0 Å². The van der Waals surface area contributed by atoms with Crippen LogP contribution in [0.4, 0.5) is 0 Å². The Morgan fingerprint density at radius 2 is 2.12 bits per heavy atom. The quantitative estimate of drug-likeness (QED) is 0.885. The van der Waals surface area contributed by atoms with Crippen LogP contribution in [-0.2, 0) is 16.1 Å². The van der Waals surface area contributed by atoms with Gasteiger partial charge in [-0.25, -0.2) is 4.98 Å². The van der Waals surface area contributed by atoms with E-state index in [4.69, 9.17) is 9.72 Å². The number of ether oxygens (including phenoxy) is 1. The van der Waals surface area contributed by atoms with E-state index in [0.29, 0.717) is 25.1 Å². The van der Waals surface area contributed by atoms with E-state index in [1.807, 2.05) is 18.2 Å². The third kappa shape index (κ3) is 3.31. The van der Waals surface area contributed by atoms with Crippen molar-refractivity contribution in [2.75, 3.05) is 0 Å². The number of para-hydroxylation sites is 2. The smallest absolute Gasteiger partial charge is 0.220 e. The van der Waals surface area contributed by atoms with Crippen LogP contribution in [0.2, 0.25) is 0 Å². The predicted molar refractivity (Wildman–Crippen MR) is 92.7 cm³/mol. The molecule has 0 bridgehead atoms. The lowest BCUT2D eigenvalue weighted by molar-refractivity contribution is -0.122. The van der Waals surface area contributed by atoms with Gasteiger partial charge in [0, 0.05) is 12.5 Å². The third-order valence-electron chi connectivity index (χ3n) is 5.04. The molecule has 4 rings (SSSR count). The van der Waals surface area contributed by atoms with Crippen molar-refractivity contribution in [2.24, 2.45) is 0 Å². The van der Waals surface area contributed by atoms with Crippen LogP contribution in [0, 0.1) is 0 Å². The van der Waals surface area contributed by atoms with Gasteiger partial charge >= 0.3 is 0 Å². The second kappa shape index (κ2) is 6.55. The average Bonchev–Trinajstić information content (AvgIpc) is 3.22. The highest BCUT2D eigenvalue weighted by molar-refractivity contribution is 5.77. The fourth-order valence-corrected chi connectivity index (χ4v) is 3.61. The lowest BCUT2D eigenvalue weighted by Crippen LogP contribution is -2.25. The molecule has 1 saturated carbocycles. The fraction of sp³-hybridized carbons (Fsp3) is 0.579. The van der Waals surface area contributed by atoms with Gasteiger partial charge in [0.05, 0.1) is 29.8 Å². The fourth-order valence-electron chi connectivity index (χ4n) is 3.61. The van der Waals surface area contributed by atoms with Crippen LogP contribution in [-0.4, -0.2) is 27.7 Å². The Kier molecular flexibility index (Phi) is 4.27. The highest BCUT2D eigenvalue weighted by Gasteiger charge is 2.28. The molecule has 2 heterocycles. The van der Waals surface area contributed by atoms with Gasteiger partial charge in [-0.05, 0) is 51.2 Å². The molecule has 2 aliphatic rings.